The standard InChI is InChI=1S/C14H23N3/c1-7-15-8-2-13(1)5-11-17-12-6-14-3-9-16-10-4-14/h1-2,7-8,14,16-17H,3-6,9-12H2. The van der Waals surface area contributed by atoms with E-state index in [9.17, 15) is 0 Å². The maximum Gasteiger partial charge on any atom is 0.0270 e. The van der Waals surface area contributed by atoms with Gasteiger partial charge in [0.1, 0.15) is 0 Å². The van der Waals surface area contributed by atoms with E-state index in [0.29, 0.717) is 0 Å². The van der Waals surface area contributed by atoms with E-state index >= 15 is 0 Å². The van der Waals surface area contributed by atoms with E-state index < -0.39 is 0 Å². The van der Waals surface area contributed by atoms with Crippen LogP contribution in [0, 0.1) is 5.92 Å². The minimum Gasteiger partial charge on any atom is -0.317 e. The molecule has 3 heteroatoms. The summed E-state index contributed by atoms with van der Waals surface area (Å²) in [5, 5.41) is 6.95. The van der Waals surface area contributed by atoms with Gasteiger partial charge >= 0.3 is 0 Å². The van der Waals surface area contributed by atoms with Gasteiger partial charge in [0.15, 0.2) is 0 Å². The van der Waals surface area contributed by atoms with Crippen molar-refractivity contribution in [1.82, 2.24) is 15.6 Å². The summed E-state index contributed by atoms with van der Waals surface area (Å²) in [5.41, 5.74) is 1.37. The lowest BCUT2D eigenvalue weighted by molar-refractivity contribution is 0.349. The molecule has 0 unspecified atom stereocenters. The van der Waals surface area contributed by atoms with Crippen LogP contribution in [0.1, 0.15) is 24.8 Å². The van der Waals surface area contributed by atoms with Crippen molar-refractivity contribution >= 4 is 0 Å². The van der Waals surface area contributed by atoms with Crippen molar-refractivity contribution in [2.45, 2.75) is 25.7 Å². The molecule has 1 saturated heterocycles. The summed E-state index contributed by atoms with van der Waals surface area (Å²) in [6.07, 6.45) is 8.87. The van der Waals surface area contributed by atoms with Gasteiger partial charge in [-0.2, -0.15) is 0 Å². The van der Waals surface area contributed by atoms with Crippen LogP contribution < -0.4 is 10.6 Å². The summed E-state index contributed by atoms with van der Waals surface area (Å²) in [6.45, 7) is 4.66. The molecule has 0 saturated carbocycles. The van der Waals surface area contributed by atoms with Crippen molar-refractivity contribution in [2.24, 2.45) is 5.92 Å². The van der Waals surface area contributed by atoms with Crippen LogP contribution in [0.25, 0.3) is 0 Å². The van der Waals surface area contributed by atoms with Gasteiger partial charge in [-0.15, -0.1) is 0 Å². The zero-order chi connectivity index (χ0) is 11.8. The molecule has 94 valence electrons. The first kappa shape index (κ1) is 12.5. The summed E-state index contributed by atoms with van der Waals surface area (Å²) in [6, 6.07) is 4.18. The summed E-state index contributed by atoms with van der Waals surface area (Å²) in [5.74, 6) is 0.935. The molecule has 1 fully saturated rings. The van der Waals surface area contributed by atoms with E-state index in [0.717, 1.165) is 25.4 Å². The first-order valence-electron chi connectivity index (χ1n) is 6.75. The highest BCUT2D eigenvalue weighted by Gasteiger charge is 2.11. The molecule has 2 N–H and O–H groups in total. The zero-order valence-electron chi connectivity index (χ0n) is 10.5. The van der Waals surface area contributed by atoms with Crippen LogP contribution in [0.2, 0.25) is 0 Å². The third-order valence-corrected chi connectivity index (χ3v) is 3.53. The zero-order valence-corrected chi connectivity index (χ0v) is 10.5. The van der Waals surface area contributed by atoms with Crippen LogP contribution in [0.5, 0.6) is 0 Å². The highest BCUT2D eigenvalue weighted by Crippen LogP contribution is 2.14. The van der Waals surface area contributed by atoms with Gasteiger partial charge in [-0.1, -0.05) is 0 Å². The van der Waals surface area contributed by atoms with E-state index in [4.69, 9.17) is 0 Å². The SMILES string of the molecule is c1cc(CCNCCC2CCNCC2)ccn1. The Bertz CT molecular complexity index is 294. The van der Waals surface area contributed by atoms with Crippen molar-refractivity contribution in [2.75, 3.05) is 26.2 Å². The van der Waals surface area contributed by atoms with Crippen molar-refractivity contribution in [3.63, 3.8) is 0 Å². The number of nitrogens with zero attached hydrogens (tertiary/aromatic N) is 1. The monoisotopic (exact) mass is 233 g/mol. The van der Waals surface area contributed by atoms with Crippen LogP contribution in [0.15, 0.2) is 24.5 Å². The van der Waals surface area contributed by atoms with Gasteiger partial charge in [0.05, 0.1) is 0 Å². The molecule has 2 rings (SSSR count). The summed E-state index contributed by atoms with van der Waals surface area (Å²) in [4.78, 5) is 4.02. The summed E-state index contributed by atoms with van der Waals surface area (Å²) >= 11 is 0. The van der Waals surface area contributed by atoms with Gasteiger partial charge in [0.2, 0.25) is 0 Å². The average molecular weight is 233 g/mol. The molecule has 1 aliphatic heterocycles. The lowest BCUT2D eigenvalue weighted by Gasteiger charge is -2.22. The molecule has 0 aliphatic carbocycles. The molecule has 0 atom stereocenters. The van der Waals surface area contributed by atoms with E-state index in [1.54, 1.807) is 0 Å². The van der Waals surface area contributed by atoms with Gasteiger partial charge in [0, 0.05) is 12.4 Å². The van der Waals surface area contributed by atoms with Gasteiger partial charge in [-0.05, 0) is 75.5 Å². The number of hydrogen-bond donors (Lipinski definition) is 2. The Kier molecular flexibility index (Phi) is 5.46. The van der Waals surface area contributed by atoms with Crippen LogP contribution >= 0.6 is 0 Å². The van der Waals surface area contributed by atoms with E-state index in [1.165, 1.54) is 37.9 Å². The van der Waals surface area contributed by atoms with E-state index in [1.807, 2.05) is 12.4 Å². The van der Waals surface area contributed by atoms with Crippen LogP contribution in [0.3, 0.4) is 0 Å². The minimum absolute atomic E-state index is 0.935. The Morgan fingerprint density at radius 2 is 1.94 bits per heavy atom. The predicted octanol–water partition coefficient (Wildman–Crippen LogP) is 1.60. The number of piperidine rings is 1. The quantitative estimate of drug-likeness (QED) is 0.733. The van der Waals surface area contributed by atoms with Crippen molar-refractivity contribution in [3.8, 4) is 0 Å². The predicted molar refractivity (Wildman–Crippen MR) is 71.0 cm³/mol. The fraction of sp³-hybridized carbons (Fsp3) is 0.643. The number of nitrogens with one attached hydrogen (secondary N) is 2. The second-order valence-corrected chi connectivity index (χ2v) is 4.84. The Hall–Kier alpha value is -0.930. The lowest BCUT2D eigenvalue weighted by atomic mass is 9.95. The Balaban J connectivity index is 1.51. The molecule has 3 nitrogen and oxygen atoms in total. The molecule has 0 spiro atoms. The third kappa shape index (κ3) is 4.84. The number of aromatic nitrogens is 1. The number of pyridine rings is 1. The fourth-order valence-corrected chi connectivity index (χ4v) is 2.38. The molecule has 0 radical (unpaired) electrons. The smallest absolute Gasteiger partial charge is 0.0270 e. The Morgan fingerprint density at radius 3 is 2.71 bits per heavy atom. The molecule has 1 aliphatic rings. The highest BCUT2D eigenvalue weighted by atomic mass is 14.9. The van der Waals surface area contributed by atoms with E-state index in [2.05, 4.69) is 27.8 Å². The van der Waals surface area contributed by atoms with E-state index in [-0.39, 0.29) is 0 Å². The van der Waals surface area contributed by atoms with Crippen molar-refractivity contribution < 1.29 is 0 Å². The summed E-state index contributed by atoms with van der Waals surface area (Å²) < 4.78 is 0. The van der Waals surface area contributed by atoms with Gasteiger partial charge in [0.25, 0.3) is 0 Å². The van der Waals surface area contributed by atoms with Gasteiger partial charge in [-0.25, -0.2) is 0 Å². The Morgan fingerprint density at radius 1 is 1.18 bits per heavy atom. The average Bonchev–Trinajstić information content (AvgIpc) is 2.41. The number of rotatable bonds is 6. The fourth-order valence-electron chi connectivity index (χ4n) is 2.38. The molecular formula is C14H23N3. The minimum atomic E-state index is 0.935. The molecule has 0 bridgehead atoms. The first-order chi connectivity index (χ1) is 8.45. The molecule has 17 heavy (non-hydrogen) atoms. The number of hydrogen-bond acceptors (Lipinski definition) is 3. The largest absolute Gasteiger partial charge is 0.317 e. The van der Waals surface area contributed by atoms with Crippen molar-refractivity contribution in [1.29, 1.82) is 0 Å². The molecule has 0 amide bonds. The van der Waals surface area contributed by atoms with Crippen LogP contribution in [-0.2, 0) is 6.42 Å². The molecule has 1 aromatic rings. The summed E-state index contributed by atoms with van der Waals surface area (Å²) in [7, 11) is 0. The van der Waals surface area contributed by atoms with Crippen LogP contribution in [0.4, 0.5) is 0 Å². The maximum atomic E-state index is 4.02. The van der Waals surface area contributed by atoms with Crippen LogP contribution in [-0.4, -0.2) is 31.2 Å². The third-order valence-electron chi connectivity index (χ3n) is 3.53. The Labute approximate surface area is 104 Å². The second-order valence-electron chi connectivity index (χ2n) is 4.84. The highest BCUT2D eigenvalue weighted by molar-refractivity contribution is 5.09. The van der Waals surface area contributed by atoms with Gasteiger partial charge < -0.3 is 10.6 Å². The molecule has 1 aromatic heterocycles. The van der Waals surface area contributed by atoms with Gasteiger partial charge in [-0.3, -0.25) is 4.98 Å². The molecule has 2 heterocycles. The topological polar surface area (TPSA) is 37.0 Å². The second kappa shape index (κ2) is 7.41. The van der Waals surface area contributed by atoms with Crippen molar-refractivity contribution in [3.05, 3.63) is 30.1 Å². The first-order valence-corrected chi connectivity index (χ1v) is 6.75. The maximum absolute atomic E-state index is 4.02. The molecular weight excluding hydrogens is 210 g/mol. The normalized spacial score (nSPS) is 17.2. The lowest BCUT2D eigenvalue weighted by Crippen LogP contribution is -2.30. The molecule has 0 aromatic carbocycles.